The van der Waals surface area contributed by atoms with E-state index in [1.807, 2.05) is 24.3 Å². The van der Waals surface area contributed by atoms with Crippen molar-refractivity contribution >= 4 is 5.97 Å². The summed E-state index contributed by atoms with van der Waals surface area (Å²) in [6.07, 6.45) is 9.39. The molecule has 0 fully saturated rings. The van der Waals surface area contributed by atoms with Gasteiger partial charge in [-0.15, -0.1) is 0 Å². The van der Waals surface area contributed by atoms with Gasteiger partial charge in [-0.1, -0.05) is 24.3 Å². The molecule has 0 aliphatic heterocycles. The van der Waals surface area contributed by atoms with Gasteiger partial charge in [0.15, 0.2) is 0 Å². The topological polar surface area (TPSA) is 37.3 Å². The predicted molar refractivity (Wildman–Crippen MR) is 41.1 cm³/mol. The maximum absolute atomic E-state index is 10.8. The number of rotatable bonds is 1. The van der Waals surface area contributed by atoms with Gasteiger partial charge in [0.2, 0.25) is 0 Å². The van der Waals surface area contributed by atoms with Crippen molar-refractivity contribution in [3.05, 3.63) is 24.3 Å². The van der Waals surface area contributed by atoms with Crippen molar-refractivity contribution < 1.29 is 9.90 Å². The van der Waals surface area contributed by atoms with E-state index in [0.29, 0.717) is 5.92 Å². The van der Waals surface area contributed by atoms with E-state index in [0.717, 1.165) is 12.8 Å². The van der Waals surface area contributed by atoms with E-state index in [9.17, 15) is 4.79 Å². The fraction of sp³-hybridized carbons (Fsp3) is 0.444. The monoisotopic (exact) mass is 150 g/mol. The summed E-state index contributed by atoms with van der Waals surface area (Å²) in [4.78, 5) is 10.8. The first kappa shape index (κ1) is 6.65. The standard InChI is InChI=1S/C9H10O2/c10-8(11)9-4-1-7(2-5-9)3-6-9/h1-2,4-5,7H,3,6H2,(H,10,11). The Hall–Kier alpha value is -1.05. The number of aliphatic carboxylic acids is 1. The molecule has 3 aliphatic rings. The SMILES string of the molecule is O=C(O)C12C=CC(C=C1)CC2. The Morgan fingerprint density at radius 2 is 2.09 bits per heavy atom. The van der Waals surface area contributed by atoms with Crippen molar-refractivity contribution in [1.29, 1.82) is 0 Å². The third kappa shape index (κ3) is 0.821. The zero-order valence-electron chi connectivity index (χ0n) is 6.16. The summed E-state index contributed by atoms with van der Waals surface area (Å²) < 4.78 is 0. The minimum Gasteiger partial charge on any atom is -0.480 e. The zero-order chi connectivity index (χ0) is 7.90. The molecular weight excluding hydrogens is 140 g/mol. The van der Waals surface area contributed by atoms with Crippen molar-refractivity contribution in [2.75, 3.05) is 0 Å². The van der Waals surface area contributed by atoms with Gasteiger partial charge in [-0.3, -0.25) is 4.79 Å². The Balaban J connectivity index is 2.39. The van der Waals surface area contributed by atoms with Crippen LogP contribution < -0.4 is 0 Å². The molecule has 2 nitrogen and oxygen atoms in total. The molecule has 3 rings (SSSR count). The van der Waals surface area contributed by atoms with Crippen molar-refractivity contribution in [2.45, 2.75) is 12.8 Å². The van der Waals surface area contributed by atoms with Crippen LogP contribution in [0.3, 0.4) is 0 Å². The van der Waals surface area contributed by atoms with Crippen LogP contribution in [-0.4, -0.2) is 11.1 Å². The van der Waals surface area contributed by atoms with Gasteiger partial charge in [-0.2, -0.15) is 0 Å². The number of carbonyl (C=O) groups is 1. The quantitative estimate of drug-likeness (QED) is 0.576. The highest BCUT2D eigenvalue weighted by molar-refractivity contribution is 5.80. The summed E-state index contributed by atoms with van der Waals surface area (Å²) in [5, 5.41) is 8.91. The molecule has 0 amide bonds. The Morgan fingerprint density at radius 1 is 1.45 bits per heavy atom. The number of hydrogen-bond acceptors (Lipinski definition) is 1. The number of allylic oxidation sites excluding steroid dienone is 2. The van der Waals surface area contributed by atoms with Crippen LogP contribution >= 0.6 is 0 Å². The molecule has 0 saturated carbocycles. The molecule has 0 atom stereocenters. The molecule has 3 aliphatic carbocycles. The Morgan fingerprint density at radius 3 is 2.36 bits per heavy atom. The van der Waals surface area contributed by atoms with Gasteiger partial charge in [-0.25, -0.2) is 0 Å². The highest BCUT2D eigenvalue weighted by atomic mass is 16.4. The van der Waals surface area contributed by atoms with Gasteiger partial charge in [0.1, 0.15) is 5.41 Å². The van der Waals surface area contributed by atoms with E-state index < -0.39 is 11.4 Å². The van der Waals surface area contributed by atoms with Crippen LogP contribution in [0.5, 0.6) is 0 Å². The molecule has 0 aromatic heterocycles. The lowest BCUT2D eigenvalue weighted by Gasteiger charge is -2.33. The normalized spacial score (nSPS) is 39.5. The molecule has 0 aromatic rings. The first-order chi connectivity index (χ1) is 5.23. The van der Waals surface area contributed by atoms with E-state index in [2.05, 4.69) is 0 Å². The summed E-state index contributed by atoms with van der Waals surface area (Å²) in [5.41, 5.74) is -0.658. The number of fused-ring (bicyclic) bond motifs is 1. The summed E-state index contributed by atoms with van der Waals surface area (Å²) in [6, 6.07) is 0. The number of carboxylic acids is 1. The molecule has 0 spiro atoms. The van der Waals surface area contributed by atoms with Gasteiger partial charge in [0.25, 0.3) is 0 Å². The molecule has 0 radical (unpaired) electrons. The second kappa shape index (κ2) is 1.97. The fourth-order valence-electron chi connectivity index (χ4n) is 1.72. The first-order valence-electron chi connectivity index (χ1n) is 3.85. The van der Waals surface area contributed by atoms with Gasteiger partial charge in [-0.05, 0) is 18.8 Å². The minimum absolute atomic E-state index is 0.497. The smallest absolute Gasteiger partial charge is 0.317 e. The van der Waals surface area contributed by atoms with Crippen LogP contribution in [0, 0.1) is 11.3 Å². The van der Waals surface area contributed by atoms with Crippen molar-refractivity contribution in [1.82, 2.24) is 0 Å². The molecule has 11 heavy (non-hydrogen) atoms. The summed E-state index contributed by atoms with van der Waals surface area (Å²) in [7, 11) is 0. The van der Waals surface area contributed by atoms with Crippen LogP contribution in [-0.2, 0) is 4.79 Å². The molecule has 0 heterocycles. The van der Waals surface area contributed by atoms with Crippen LogP contribution in [0.15, 0.2) is 24.3 Å². The molecule has 0 unspecified atom stereocenters. The fourth-order valence-corrected chi connectivity index (χ4v) is 1.72. The zero-order valence-corrected chi connectivity index (χ0v) is 6.16. The van der Waals surface area contributed by atoms with Gasteiger partial charge in [0, 0.05) is 0 Å². The maximum atomic E-state index is 10.8. The number of carboxylic acid groups (broad SMARTS) is 1. The largest absolute Gasteiger partial charge is 0.480 e. The minimum atomic E-state index is -0.719. The first-order valence-corrected chi connectivity index (χ1v) is 3.85. The van der Waals surface area contributed by atoms with E-state index >= 15 is 0 Å². The van der Waals surface area contributed by atoms with Crippen molar-refractivity contribution in [3.8, 4) is 0 Å². The molecule has 2 bridgehead atoms. The molecule has 0 saturated heterocycles. The summed E-state index contributed by atoms with van der Waals surface area (Å²) in [5.74, 6) is -0.223. The van der Waals surface area contributed by atoms with Crippen LogP contribution in [0.25, 0.3) is 0 Å². The van der Waals surface area contributed by atoms with Crippen molar-refractivity contribution in [2.24, 2.45) is 11.3 Å². The van der Waals surface area contributed by atoms with Gasteiger partial charge < -0.3 is 5.11 Å². The van der Waals surface area contributed by atoms with Crippen LogP contribution in [0.4, 0.5) is 0 Å². The average Bonchev–Trinajstić information content (AvgIpc) is 2.08. The Labute approximate surface area is 65.2 Å². The lowest BCUT2D eigenvalue weighted by molar-refractivity contribution is -0.144. The molecule has 58 valence electrons. The van der Waals surface area contributed by atoms with Crippen molar-refractivity contribution in [3.63, 3.8) is 0 Å². The van der Waals surface area contributed by atoms with E-state index in [4.69, 9.17) is 5.11 Å². The van der Waals surface area contributed by atoms with E-state index in [-0.39, 0.29) is 0 Å². The Bertz CT molecular complexity index is 236. The third-order valence-corrected chi connectivity index (χ3v) is 2.57. The summed E-state index contributed by atoms with van der Waals surface area (Å²) >= 11 is 0. The maximum Gasteiger partial charge on any atom is 0.317 e. The van der Waals surface area contributed by atoms with Gasteiger partial charge in [0.05, 0.1) is 0 Å². The number of hydrogen-bond donors (Lipinski definition) is 1. The summed E-state index contributed by atoms with van der Waals surface area (Å²) in [6.45, 7) is 0. The molecule has 2 heteroatoms. The average molecular weight is 150 g/mol. The Kier molecular flexibility index (Phi) is 1.19. The van der Waals surface area contributed by atoms with Crippen LogP contribution in [0.2, 0.25) is 0 Å². The van der Waals surface area contributed by atoms with E-state index in [1.54, 1.807) is 0 Å². The highest BCUT2D eigenvalue weighted by Gasteiger charge is 2.38. The van der Waals surface area contributed by atoms with E-state index in [1.165, 1.54) is 0 Å². The lowest BCUT2D eigenvalue weighted by Crippen LogP contribution is -2.32. The van der Waals surface area contributed by atoms with Gasteiger partial charge >= 0.3 is 5.97 Å². The molecule has 0 aromatic carbocycles. The van der Waals surface area contributed by atoms with Crippen LogP contribution in [0.1, 0.15) is 12.8 Å². The molecule has 1 N–H and O–H groups in total. The lowest BCUT2D eigenvalue weighted by atomic mass is 9.70. The third-order valence-electron chi connectivity index (χ3n) is 2.57. The highest BCUT2D eigenvalue weighted by Crippen LogP contribution is 2.40. The second-order valence-corrected chi connectivity index (χ2v) is 3.27. The second-order valence-electron chi connectivity index (χ2n) is 3.27. The molecular formula is C9H10O2. The predicted octanol–water partition coefficient (Wildman–Crippen LogP) is 1.59.